The van der Waals surface area contributed by atoms with Gasteiger partial charge < -0.3 is 0 Å². The molecule has 0 heterocycles. The van der Waals surface area contributed by atoms with Crippen molar-refractivity contribution in [2.24, 2.45) is 0 Å². The topological polar surface area (TPSA) is 17.1 Å². The van der Waals surface area contributed by atoms with Crippen LogP contribution in [-0.2, 0) is 12.8 Å². The Labute approximate surface area is 128 Å². The molecule has 110 valence electrons. The molecule has 0 atom stereocenters. The maximum Gasteiger partial charge on any atom is 0.193 e. The minimum absolute atomic E-state index is 0.111. The van der Waals surface area contributed by atoms with E-state index in [0.29, 0.717) is 0 Å². The van der Waals surface area contributed by atoms with Gasteiger partial charge in [0.1, 0.15) is 0 Å². The molecule has 0 fully saturated rings. The molecular formula is C20H24O. The molecule has 1 nitrogen and oxygen atoms in total. The van der Waals surface area contributed by atoms with Crippen LogP contribution in [0, 0.1) is 0 Å². The van der Waals surface area contributed by atoms with Crippen LogP contribution in [-0.4, -0.2) is 5.78 Å². The molecule has 0 aliphatic heterocycles. The summed E-state index contributed by atoms with van der Waals surface area (Å²) < 4.78 is 0. The Balaban J connectivity index is 2.08. The van der Waals surface area contributed by atoms with Gasteiger partial charge in [-0.3, -0.25) is 4.79 Å². The lowest BCUT2D eigenvalue weighted by Crippen LogP contribution is -2.01. The van der Waals surface area contributed by atoms with E-state index >= 15 is 0 Å². The standard InChI is InChI=1S/C20H24O/c1-3-5-7-17-10-14-19(15-11-17)20(21)18-12-8-16(6-4-2)9-13-18/h8-15H,3-7H2,1-2H3. The van der Waals surface area contributed by atoms with Crippen LogP contribution in [0.2, 0.25) is 0 Å². The molecule has 0 saturated carbocycles. The largest absolute Gasteiger partial charge is 0.289 e. The van der Waals surface area contributed by atoms with Crippen LogP contribution in [0.3, 0.4) is 0 Å². The van der Waals surface area contributed by atoms with Crippen molar-refractivity contribution in [2.75, 3.05) is 0 Å². The van der Waals surface area contributed by atoms with Crippen LogP contribution < -0.4 is 0 Å². The van der Waals surface area contributed by atoms with Crippen molar-refractivity contribution >= 4 is 5.78 Å². The Hall–Kier alpha value is -1.89. The first kappa shape index (κ1) is 15.5. The summed E-state index contributed by atoms with van der Waals surface area (Å²) in [5.74, 6) is 0.111. The van der Waals surface area contributed by atoms with E-state index < -0.39 is 0 Å². The minimum atomic E-state index is 0.111. The number of carbonyl (C=O) groups is 1. The molecule has 2 aromatic rings. The molecule has 21 heavy (non-hydrogen) atoms. The van der Waals surface area contributed by atoms with Gasteiger partial charge in [-0.1, -0.05) is 75.2 Å². The third kappa shape index (κ3) is 4.29. The van der Waals surface area contributed by atoms with E-state index in [1.807, 2.05) is 24.3 Å². The Bertz CT molecular complexity index is 564. The predicted octanol–water partition coefficient (Wildman–Crippen LogP) is 5.21. The normalized spacial score (nSPS) is 10.6. The van der Waals surface area contributed by atoms with Crippen molar-refractivity contribution in [3.05, 3.63) is 70.8 Å². The Kier molecular flexibility index (Phi) is 5.74. The number of benzene rings is 2. The second-order valence-corrected chi connectivity index (χ2v) is 5.58. The monoisotopic (exact) mass is 280 g/mol. The molecule has 0 N–H and O–H groups in total. The number of rotatable bonds is 7. The lowest BCUT2D eigenvalue weighted by atomic mass is 9.99. The highest BCUT2D eigenvalue weighted by Gasteiger charge is 2.08. The van der Waals surface area contributed by atoms with Gasteiger partial charge in [0.05, 0.1) is 0 Å². The maximum atomic E-state index is 12.4. The van der Waals surface area contributed by atoms with Crippen LogP contribution in [0.25, 0.3) is 0 Å². The zero-order chi connectivity index (χ0) is 15.1. The first-order valence-electron chi connectivity index (χ1n) is 7.97. The molecule has 2 rings (SSSR count). The summed E-state index contributed by atoms with van der Waals surface area (Å²) in [7, 11) is 0. The second-order valence-electron chi connectivity index (χ2n) is 5.58. The molecule has 0 unspecified atom stereocenters. The summed E-state index contributed by atoms with van der Waals surface area (Å²) in [4.78, 5) is 12.4. The smallest absolute Gasteiger partial charge is 0.193 e. The van der Waals surface area contributed by atoms with Gasteiger partial charge in [-0.15, -0.1) is 0 Å². The molecule has 0 aromatic heterocycles. The quantitative estimate of drug-likeness (QED) is 0.636. The average Bonchev–Trinajstić information content (AvgIpc) is 2.54. The number of aryl methyl sites for hydroxylation is 2. The molecule has 0 radical (unpaired) electrons. The van der Waals surface area contributed by atoms with Crippen molar-refractivity contribution in [2.45, 2.75) is 46.0 Å². The zero-order valence-corrected chi connectivity index (χ0v) is 13.1. The van der Waals surface area contributed by atoms with Crippen molar-refractivity contribution in [3.8, 4) is 0 Å². The van der Waals surface area contributed by atoms with E-state index in [0.717, 1.165) is 30.4 Å². The SMILES string of the molecule is CCCCc1ccc(C(=O)c2ccc(CCC)cc2)cc1. The minimum Gasteiger partial charge on any atom is -0.289 e. The van der Waals surface area contributed by atoms with Gasteiger partial charge in [-0.25, -0.2) is 0 Å². The van der Waals surface area contributed by atoms with E-state index in [2.05, 4.69) is 38.1 Å². The summed E-state index contributed by atoms with van der Waals surface area (Å²) in [6.07, 6.45) is 5.70. The Morgan fingerprint density at radius 1 is 0.714 bits per heavy atom. The molecule has 0 saturated heterocycles. The van der Waals surface area contributed by atoms with E-state index in [1.54, 1.807) is 0 Å². The van der Waals surface area contributed by atoms with Crippen LogP contribution in [0.5, 0.6) is 0 Å². The highest BCUT2D eigenvalue weighted by atomic mass is 16.1. The Morgan fingerprint density at radius 3 is 1.62 bits per heavy atom. The first-order valence-corrected chi connectivity index (χ1v) is 7.97. The molecule has 0 aliphatic carbocycles. The van der Waals surface area contributed by atoms with E-state index in [9.17, 15) is 4.79 Å². The molecule has 0 aliphatic rings. The second kappa shape index (κ2) is 7.78. The van der Waals surface area contributed by atoms with Gasteiger partial charge in [-0.2, -0.15) is 0 Å². The molecular weight excluding hydrogens is 256 g/mol. The van der Waals surface area contributed by atoms with Gasteiger partial charge in [0.15, 0.2) is 5.78 Å². The van der Waals surface area contributed by atoms with E-state index in [-0.39, 0.29) is 5.78 Å². The number of carbonyl (C=O) groups excluding carboxylic acids is 1. The lowest BCUT2D eigenvalue weighted by Gasteiger charge is -2.05. The summed E-state index contributed by atoms with van der Waals surface area (Å²) in [5.41, 5.74) is 4.16. The molecule has 0 amide bonds. The van der Waals surface area contributed by atoms with Crippen molar-refractivity contribution in [1.82, 2.24) is 0 Å². The third-order valence-electron chi connectivity index (χ3n) is 3.79. The van der Waals surface area contributed by atoms with Gasteiger partial charge in [0, 0.05) is 11.1 Å². The third-order valence-corrected chi connectivity index (χ3v) is 3.79. The fourth-order valence-corrected chi connectivity index (χ4v) is 2.48. The van der Waals surface area contributed by atoms with Gasteiger partial charge in [0.25, 0.3) is 0 Å². The summed E-state index contributed by atoms with van der Waals surface area (Å²) in [6.45, 7) is 4.36. The Morgan fingerprint density at radius 2 is 1.19 bits per heavy atom. The number of hydrogen-bond donors (Lipinski definition) is 0. The summed E-state index contributed by atoms with van der Waals surface area (Å²) in [5, 5.41) is 0. The van der Waals surface area contributed by atoms with Crippen LogP contribution in [0.1, 0.15) is 60.2 Å². The van der Waals surface area contributed by atoms with Crippen LogP contribution >= 0.6 is 0 Å². The van der Waals surface area contributed by atoms with Gasteiger partial charge >= 0.3 is 0 Å². The first-order chi connectivity index (χ1) is 10.2. The zero-order valence-electron chi connectivity index (χ0n) is 13.1. The fourth-order valence-electron chi connectivity index (χ4n) is 2.48. The van der Waals surface area contributed by atoms with Gasteiger partial charge in [0.2, 0.25) is 0 Å². The number of ketones is 1. The van der Waals surface area contributed by atoms with E-state index in [1.165, 1.54) is 24.0 Å². The molecule has 0 bridgehead atoms. The lowest BCUT2D eigenvalue weighted by molar-refractivity contribution is 0.103. The van der Waals surface area contributed by atoms with Crippen LogP contribution in [0.4, 0.5) is 0 Å². The molecule has 2 aromatic carbocycles. The molecule has 0 spiro atoms. The van der Waals surface area contributed by atoms with Crippen molar-refractivity contribution in [1.29, 1.82) is 0 Å². The highest BCUT2D eigenvalue weighted by molar-refractivity contribution is 6.08. The van der Waals surface area contributed by atoms with Crippen LogP contribution in [0.15, 0.2) is 48.5 Å². The van der Waals surface area contributed by atoms with Crippen molar-refractivity contribution < 1.29 is 4.79 Å². The molecule has 1 heteroatoms. The van der Waals surface area contributed by atoms with Crippen molar-refractivity contribution in [3.63, 3.8) is 0 Å². The predicted molar refractivity (Wildman–Crippen MR) is 88.9 cm³/mol. The maximum absolute atomic E-state index is 12.4. The summed E-state index contributed by atoms with van der Waals surface area (Å²) in [6, 6.07) is 16.1. The average molecular weight is 280 g/mol. The summed E-state index contributed by atoms with van der Waals surface area (Å²) >= 11 is 0. The van der Waals surface area contributed by atoms with Gasteiger partial charge in [-0.05, 0) is 30.4 Å². The number of unbranched alkanes of at least 4 members (excludes halogenated alkanes) is 1. The number of hydrogen-bond acceptors (Lipinski definition) is 1. The van der Waals surface area contributed by atoms with E-state index in [4.69, 9.17) is 0 Å². The fraction of sp³-hybridized carbons (Fsp3) is 0.350. The highest BCUT2D eigenvalue weighted by Crippen LogP contribution is 2.14.